The molecule has 1 aliphatic heterocycles. The van der Waals surface area contributed by atoms with E-state index in [4.69, 9.17) is 9.15 Å². The van der Waals surface area contributed by atoms with Gasteiger partial charge in [-0.15, -0.1) is 0 Å². The molecular weight excluding hydrogens is 534 g/mol. The van der Waals surface area contributed by atoms with Crippen molar-refractivity contribution >= 4 is 27.4 Å². The molecule has 7 nitrogen and oxygen atoms in total. The van der Waals surface area contributed by atoms with E-state index in [9.17, 15) is 9.90 Å². The second-order valence-electron chi connectivity index (χ2n) is 10.1. The molecule has 5 rings (SSSR count). The maximum Gasteiger partial charge on any atom is 0.181 e. The largest absolute Gasteiger partial charge is 0.484 e. The van der Waals surface area contributed by atoms with Gasteiger partial charge in [-0.2, -0.15) is 0 Å². The van der Waals surface area contributed by atoms with Crippen LogP contribution in [0.2, 0.25) is 0 Å². The molecule has 37 heavy (non-hydrogen) atoms. The number of rotatable bonds is 11. The van der Waals surface area contributed by atoms with Gasteiger partial charge >= 0.3 is 0 Å². The van der Waals surface area contributed by atoms with Crippen LogP contribution < -0.4 is 10.1 Å². The Morgan fingerprint density at radius 1 is 1.32 bits per heavy atom. The number of Topliss-reactive ketones (excluding diaryl/α,β-unsaturated/α-hetero) is 1. The van der Waals surface area contributed by atoms with Crippen LogP contribution in [0.15, 0.2) is 51.7 Å². The summed E-state index contributed by atoms with van der Waals surface area (Å²) in [6.07, 6.45) is 6.21. The first-order valence-electron chi connectivity index (χ1n) is 13.1. The highest BCUT2D eigenvalue weighted by molar-refractivity contribution is 9.10. The van der Waals surface area contributed by atoms with Gasteiger partial charge in [0.25, 0.3) is 0 Å². The second kappa shape index (κ2) is 11.8. The zero-order valence-corrected chi connectivity index (χ0v) is 22.8. The molecule has 2 heterocycles. The van der Waals surface area contributed by atoms with Crippen molar-refractivity contribution in [2.24, 2.45) is 0 Å². The molecule has 0 spiro atoms. The molecule has 0 bridgehead atoms. The number of hydrogen-bond acceptors (Lipinski definition) is 7. The minimum atomic E-state index is -0.544. The van der Waals surface area contributed by atoms with Gasteiger partial charge in [-0.25, -0.2) is 4.98 Å². The number of hydrogen-bond donors (Lipinski definition) is 2. The molecule has 0 unspecified atom stereocenters. The third kappa shape index (κ3) is 6.43. The lowest BCUT2D eigenvalue weighted by Crippen LogP contribution is -2.37. The quantitative estimate of drug-likeness (QED) is 0.288. The Morgan fingerprint density at radius 3 is 2.95 bits per heavy atom. The zero-order chi connectivity index (χ0) is 25.8. The minimum Gasteiger partial charge on any atom is -0.484 e. The number of aliphatic hydroxyl groups is 1. The predicted molar refractivity (Wildman–Crippen MR) is 146 cm³/mol. The molecule has 1 aliphatic carbocycles. The lowest BCUT2D eigenvalue weighted by atomic mass is 9.93. The standard InChI is InChI=1S/C29H34BrN3O4/c1-19-28(37-18-31-19)17-36-27-11-8-21-15-33(13-12-25(21)29(27)30)16-24(34)9-10-26(35)20-4-2-7-23(14-20)32-22-5-3-6-22/h2,4,7-8,11,14,18,22,24,32,34H,3,5-6,9-10,12-13,15-17H2,1H3/t24-/m0/s1. The fraction of sp³-hybridized carbons (Fsp3) is 0.448. The Balaban J connectivity index is 1.10. The van der Waals surface area contributed by atoms with Gasteiger partial charge < -0.3 is 19.6 Å². The summed E-state index contributed by atoms with van der Waals surface area (Å²) in [5, 5.41) is 14.2. The van der Waals surface area contributed by atoms with Gasteiger partial charge in [0.15, 0.2) is 17.9 Å². The van der Waals surface area contributed by atoms with E-state index in [-0.39, 0.29) is 5.78 Å². The first-order chi connectivity index (χ1) is 18.0. The number of ketones is 1. The van der Waals surface area contributed by atoms with Gasteiger partial charge in [-0.05, 0) is 84.3 Å². The normalized spacial score (nSPS) is 16.6. The molecule has 0 saturated heterocycles. The van der Waals surface area contributed by atoms with Crippen molar-refractivity contribution in [3.05, 3.63) is 75.4 Å². The Labute approximate surface area is 226 Å². The number of oxazole rings is 1. The highest BCUT2D eigenvalue weighted by Gasteiger charge is 2.23. The highest BCUT2D eigenvalue weighted by Crippen LogP contribution is 2.35. The first-order valence-corrected chi connectivity index (χ1v) is 13.9. The summed E-state index contributed by atoms with van der Waals surface area (Å²) < 4.78 is 12.3. The van der Waals surface area contributed by atoms with Crippen molar-refractivity contribution in [2.75, 3.05) is 18.4 Å². The van der Waals surface area contributed by atoms with Gasteiger partial charge in [0.2, 0.25) is 0 Å². The fourth-order valence-electron chi connectivity index (χ4n) is 4.93. The van der Waals surface area contributed by atoms with Crippen molar-refractivity contribution < 1.29 is 19.1 Å². The van der Waals surface area contributed by atoms with Gasteiger partial charge in [-0.3, -0.25) is 9.69 Å². The van der Waals surface area contributed by atoms with E-state index >= 15 is 0 Å². The van der Waals surface area contributed by atoms with Crippen LogP contribution in [-0.2, 0) is 19.6 Å². The van der Waals surface area contributed by atoms with Crippen molar-refractivity contribution in [1.29, 1.82) is 0 Å². The monoisotopic (exact) mass is 567 g/mol. The molecule has 2 aromatic carbocycles. The number of aliphatic hydroxyl groups excluding tert-OH is 1. The fourth-order valence-corrected chi connectivity index (χ4v) is 5.63. The lowest BCUT2D eigenvalue weighted by molar-refractivity contribution is 0.0836. The maximum atomic E-state index is 12.8. The van der Waals surface area contributed by atoms with Crippen LogP contribution in [0, 0.1) is 6.92 Å². The summed E-state index contributed by atoms with van der Waals surface area (Å²) in [4.78, 5) is 19.1. The number of aryl methyl sites for hydroxylation is 1. The molecule has 2 aliphatic rings. The summed E-state index contributed by atoms with van der Waals surface area (Å²) >= 11 is 3.73. The van der Waals surface area contributed by atoms with Crippen molar-refractivity contribution in [3.8, 4) is 5.75 Å². The molecule has 1 aromatic heterocycles. The van der Waals surface area contributed by atoms with E-state index in [1.54, 1.807) is 0 Å². The number of nitrogens with zero attached hydrogens (tertiary/aromatic N) is 2. The van der Waals surface area contributed by atoms with Crippen molar-refractivity contribution in [2.45, 2.75) is 70.7 Å². The maximum absolute atomic E-state index is 12.8. The zero-order valence-electron chi connectivity index (χ0n) is 21.2. The summed E-state index contributed by atoms with van der Waals surface area (Å²) in [5.74, 6) is 1.59. The number of ether oxygens (including phenoxy) is 1. The number of anilines is 1. The average molecular weight is 569 g/mol. The molecule has 0 radical (unpaired) electrons. The van der Waals surface area contributed by atoms with Crippen LogP contribution in [0.1, 0.15) is 65.0 Å². The van der Waals surface area contributed by atoms with Gasteiger partial charge in [0.1, 0.15) is 12.4 Å². The number of carbonyl (C=O) groups is 1. The van der Waals surface area contributed by atoms with E-state index in [1.807, 2.05) is 37.3 Å². The van der Waals surface area contributed by atoms with Gasteiger partial charge in [-0.1, -0.05) is 18.2 Å². The summed E-state index contributed by atoms with van der Waals surface area (Å²) in [5.41, 5.74) is 5.02. The van der Waals surface area contributed by atoms with Crippen LogP contribution in [0.4, 0.5) is 5.69 Å². The topological polar surface area (TPSA) is 87.8 Å². The predicted octanol–water partition coefficient (Wildman–Crippen LogP) is 5.67. The molecule has 196 valence electrons. The van der Waals surface area contributed by atoms with Gasteiger partial charge in [0.05, 0.1) is 16.3 Å². The number of aromatic nitrogens is 1. The van der Waals surface area contributed by atoms with Crippen molar-refractivity contribution in [1.82, 2.24) is 9.88 Å². The van der Waals surface area contributed by atoms with E-state index < -0.39 is 6.10 Å². The first kappa shape index (κ1) is 25.9. The molecule has 1 fully saturated rings. The van der Waals surface area contributed by atoms with E-state index in [1.165, 1.54) is 36.8 Å². The number of halogens is 1. The number of benzene rings is 2. The minimum absolute atomic E-state index is 0.0808. The smallest absolute Gasteiger partial charge is 0.181 e. The summed E-state index contributed by atoms with van der Waals surface area (Å²) in [7, 11) is 0. The van der Waals surface area contributed by atoms with E-state index in [0.717, 1.165) is 46.9 Å². The second-order valence-corrected chi connectivity index (χ2v) is 10.9. The highest BCUT2D eigenvalue weighted by atomic mass is 79.9. The number of nitrogens with one attached hydrogen (secondary N) is 1. The van der Waals surface area contributed by atoms with Crippen LogP contribution in [0.25, 0.3) is 0 Å². The van der Waals surface area contributed by atoms with Crippen LogP contribution >= 0.6 is 15.9 Å². The molecular formula is C29H34BrN3O4. The Morgan fingerprint density at radius 2 is 2.19 bits per heavy atom. The summed E-state index contributed by atoms with van der Waals surface area (Å²) in [6, 6.07) is 12.4. The number of fused-ring (bicyclic) bond motifs is 1. The number of β-amino-alcohol motifs (C(OH)–C–C–N with tert-alkyl or cyclic N) is 1. The van der Waals surface area contributed by atoms with E-state index in [2.05, 4.69) is 37.2 Å². The Hall–Kier alpha value is -2.68. The van der Waals surface area contributed by atoms with Crippen LogP contribution in [-0.4, -0.2) is 46.0 Å². The molecule has 1 atom stereocenters. The molecule has 3 aromatic rings. The number of carbonyl (C=O) groups excluding carboxylic acids is 1. The third-order valence-electron chi connectivity index (χ3n) is 7.41. The van der Waals surface area contributed by atoms with Crippen LogP contribution in [0.5, 0.6) is 5.75 Å². The van der Waals surface area contributed by atoms with Crippen molar-refractivity contribution in [3.63, 3.8) is 0 Å². The third-order valence-corrected chi connectivity index (χ3v) is 8.28. The molecule has 8 heteroatoms. The molecule has 0 amide bonds. The molecule has 2 N–H and O–H groups in total. The Bertz CT molecular complexity index is 1240. The van der Waals surface area contributed by atoms with Gasteiger partial charge in [0, 0.05) is 43.3 Å². The summed E-state index contributed by atoms with van der Waals surface area (Å²) in [6.45, 7) is 4.39. The van der Waals surface area contributed by atoms with Crippen LogP contribution in [0.3, 0.4) is 0 Å². The average Bonchev–Trinajstić information content (AvgIpc) is 3.29. The lowest BCUT2D eigenvalue weighted by Gasteiger charge is -2.31. The van der Waals surface area contributed by atoms with E-state index in [0.29, 0.717) is 37.6 Å². The SMILES string of the molecule is Cc1ncoc1COc1ccc2c(c1Br)CCN(C[C@@H](O)CCC(=O)c1cccc(NC3CCC3)c1)C2. The Kier molecular flexibility index (Phi) is 8.27. The molecule has 1 saturated carbocycles.